The molecule has 0 aliphatic heterocycles. The van der Waals surface area contributed by atoms with Gasteiger partial charge in [-0.05, 0) is 17.7 Å². The highest BCUT2D eigenvalue weighted by Gasteiger charge is 2.21. The minimum atomic E-state index is -4.13. The number of nitrogens with zero attached hydrogens (tertiary/aromatic N) is 1. The molecular formula is C18H11BrCl3NO4S. The summed E-state index contributed by atoms with van der Waals surface area (Å²) < 4.78 is 35.8. The predicted molar refractivity (Wildman–Crippen MR) is 112 cm³/mol. The molecule has 0 atom stereocenters. The van der Waals surface area contributed by atoms with E-state index in [-0.39, 0.29) is 38.9 Å². The molecule has 0 aliphatic rings. The lowest BCUT2D eigenvalue weighted by Gasteiger charge is -2.13. The molecule has 1 heterocycles. The van der Waals surface area contributed by atoms with Gasteiger partial charge < -0.3 is 9.47 Å². The van der Waals surface area contributed by atoms with Gasteiger partial charge in [0.15, 0.2) is 11.5 Å². The molecule has 0 spiro atoms. The quantitative estimate of drug-likeness (QED) is 0.348. The maximum atomic E-state index is 12.0. The minimum absolute atomic E-state index is 0.000738. The van der Waals surface area contributed by atoms with Crippen molar-refractivity contribution < 1.29 is 17.9 Å². The van der Waals surface area contributed by atoms with E-state index in [9.17, 15) is 8.42 Å². The van der Waals surface area contributed by atoms with Gasteiger partial charge in [-0.15, -0.1) is 0 Å². The van der Waals surface area contributed by atoms with E-state index in [1.807, 2.05) is 30.3 Å². The summed E-state index contributed by atoms with van der Waals surface area (Å²) in [7, 11) is 1.43. The normalized spacial score (nSPS) is 11.3. The average Bonchev–Trinajstić information content (AvgIpc) is 2.63. The van der Waals surface area contributed by atoms with Crippen molar-refractivity contribution in [1.82, 2.24) is 4.98 Å². The Morgan fingerprint density at radius 3 is 2.29 bits per heavy atom. The van der Waals surface area contributed by atoms with Crippen LogP contribution in [0.15, 0.2) is 64.1 Å². The lowest BCUT2D eigenvalue weighted by Crippen LogP contribution is -2.02. The molecule has 0 N–H and O–H groups in total. The fourth-order valence-electron chi connectivity index (χ4n) is 2.23. The monoisotopic (exact) mass is 521 g/mol. The van der Waals surface area contributed by atoms with Crippen LogP contribution in [0.2, 0.25) is 10.0 Å². The highest BCUT2D eigenvalue weighted by atomic mass is 79.9. The van der Waals surface area contributed by atoms with Gasteiger partial charge in [0, 0.05) is 21.2 Å². The van der Waals surface area contributed by atoms with Gasteiger partial charge in [-0.2, -0.15) is 0 Å². The molecule has 2 aromatic carbocycles. The Labute approximate surface area is 184 Å². The van der Waals surface area contributed by atoms with Crippen molar-refractivity contribution in [3.05, 3.63) is 74.8 Å². The number of pyridine rings is 1. The molecule has 0 radical (unpaired) electrons. The van der Waals surface area contributed by atoms with E-state index < -0.39 is 9.05 Å². The van der Waals surface area contributed by atoms with E-state index in [0.29, 0.717) is 4.47 Å². The number of hydrogen-bond acceptors (Lipinski definition) is 5. The first-order valence-electron chi connectivity index (χ1n) is 7.68. The number of benzene rings is 2. The Kier molecular flexibility index (Phi) is 6.73. The molecule has 1 aromatic heterocycles. The van der Waals surface area contributed by atoms with Crippen molar-refractivity contribution in [2.75, 3.05) is 0 Å². The van der Waals surface area contributed by atoms with Gasteiger partial charge in [0.25, 0.3) is 9.05 Å². The molecule has 3 aromatic rings. The van der Waals surface area contributed by atoms with Gasteiger partial charge >= 0.3 is 0 Å². The Hall–Kier alpha value is -1.51. The molecule has 28 heavy (non-hydrogen) atoms. The predicted octanol–water partition coefficient (Wildman–Crippen LogP) is 6.45. The maximum Gasteiger partial charge on any atom is 0.265 e. The summed E-state index contributed by atoms with van der Waals surface area (Å²) in [5, 5.41) is 0.446. The highest BCUT2D eigenvalue weighted by molar-refractivity contribution is 9.10. The van der Waals surface area contributed by atoms with Crippen LogP contribution in [0, 0.1) is 0 Å². The van der Waals surface area contributed by atoms with Gasteiger partial charge in [0.2, 0.25) is 5.88 Å². The topological polar surface area (TPSA) is 65.5 Å². The Bertz CT molecular complexity index is 1090. The molecule has 146 valence electrons. The molecule has 0 fully saturated rings. The van der Waals surface area contributed by atoms with E-state index in [4.69, 9.17) is 43.4 Å². The van der Waals surface area contributed by atoms with Crippen molar-refractivity contribution >= 4 is 58.9 Å². The van der Waals surface area contributed by atoms with Crippen LogP contribution in [0.1, 0.15) is 5.56 Å². The molecule has 0 amide bonds. The molecule has 3 rings (SSSR count). The summed E-state index contributed by atoms with van der Waals surface area (Å²) in [5.74, 6) is 0.0755. The van der Waals surface area contributed by atoms with Crippen LogP contribution in [-0.2, 0) is 15.7 Å². The summed E-state index contributed by atoms with van der Waals surface area (Å²) in [6, 6.07) is 13.6. The summed E-state index contributed by atoms with van der Waals surface area (Å²) in [5.41, 5.74) is 0.856. The van der Waals surface area contributed by atoms with Crippen LogP contribution in [0.4, 0.5) is 0 Å². The number of ether oxygens (including phenoxy) is 2. The second-order valence-electron chi connectivity index (χ2n) is 5.48. The number of halogens is 4. The van der Waals surface area contributed by atoms with Crippen LogP contribution < -0.4 is 9.47 Å². The van der Waals surface area contributed by atoms with Crippen LogP contribution in [0.3, 0.4) is 0 Å². The van der Waals surface area contributed by atoms with E-state index in [1.54, 1.807) is 12.1 Å². The first kappa shape index (κ1) is 21.2. The summed E-state index contributed by atoms with van der Waals surface area (Å²) in [6.07, 6.45) is 1.22. The van der Waals surface area contributed by atoms with Gasteiger partial charge in [0.1, 0.15) is 11.5 Å². The van der Waals surface area contributed by atoms with Crippen LogP contribution in [0.25, 0.3) is 0 Å². The zero-order valence-corrected chi connectivity index (χ0v) is 18.6. The number of aromatic nitrogens is 1. The Morgan fingerprint density at radius 1 is 1.04 bits per heavy atom. The van der Waals surface area contributed by atoms with Gasteiger partial charge in [-0.25, -0.2) is 13.4 Å². The SMILES string of the molecule is O=S(=O)(Cl)c1cc(Oc2c(Cl)cc(Br)cc2Cl)ncc1OCc1ccccc1. The molecule has 10 heteroatoms. The minimum Gasteiger partial charge on any atom is -0.486 e. The van der Waals surface area contributed by atoms with E-state index in [1.165, 1.54) is 6.20 Å². The van der Waals surface area contributed by atoms with Crippen molar-refractivity contribution in [3.8, 4) is 17.4 Å². The van der Waals surface area contributed by atoms with E-state index in [2.05, 4.69) is 20.9 Å². The molecule has 0 unspecified atom stereocenters. The second-order valence-corrected chi connectivity index (χ2v) is 9.75. The third kappa shape index (κ3) is 5.30. The second kappa shape index (κ2) is 8.88. The van der Waals surface area contributed by atoms with Gasteiger partial charge in [-0.1, -0.05) is 69.5 Å². The van der Waals surface area contributed by atoms with E-state index >= 15 is 0 Å². The fraction of sp³-hybridized carbons (Fsp3) is 0.0556. The zero-order valence-electron chi connectivity index (χ0n) is 13.9. The fourth-order valence-corrected chi connectivity index (χ4v) is 4.47. The molecule has 0 bridgehead atoms. The van der Waals surface area contributed by atoms with Crippen LogP contribution in [-0.4, -0.2) is 13.4 Å². The van der Waals surface area contributed by atoms with Gasteiger partial charge in [-0.3, -0.25) is 0 Å². The molecule has 0 saturated carbocycles. The van der Waals surface area contributed by atoms with Gasteiger partial charge in [0.05, 0.1) is 16.2 Å². The van der Waals surface area contributed by atoms with Crippen molar-refractivity contribution in [2.45, 2.75) is 11.5 Å². The molecule has 0 aliphatic carbocycles. The first-order chi connectivity index (χ1) is 13.2. The van der Waals surface area contributed by atoms with Crippen LogP contribution in [0.5, 0.6) is 17.4 Å². The summed E-state index contributed by atoms with van der Waals surface area (Å²) in [6.45, 7) is 0.145. The lowest BCUT2D eigenvalue weighted by atomic mass is 10.2. The largest absolute Gasteiger partial charge is 0.486 e. The maximum absolute atomic E-state index is 12.0. The number of rotatable bonds is 6. The summed E-state index contributed by atoms with van der Waals surface area (Å²) in [4.78, 5) is 3.79. The highest BCUT2D eigenvalue weighted by Crippen LogP contribution is 2.39. The average molecular weight is 524 g/mol. The zero-order chi connectivity index (χ0) is 20.3. The Balaban J connectivity index is 1.91. The first-order valence-corrected chi connectivity index (χ1v) is 11.5. The lowest BCUT2D eigenvalue weighted by molar-refractivity contribution is 0.295. The van der Waals surface area contributed by atoms with Crippen molar-refractivity contribution in [3.63, 3.8) is 0 Å². The molecular weight excluding hydrogens is 513 g/mol. The van der Waals surface area contributed by atoms with Crippen molar-refractivity contribution in [2.24, 2.45) is 0 Å². The third-order valence-corrected chi connectivity index (χ3v) is 5.84. The third-order valence-electron chi connectivity index (χ3n) is 3.48. The molecule has 0 saturated heterocycles. The standard InChI is InChI=1S/C18H11BrCl3NO4S/c19-12-6-13(20)18(14(21)7-12)27-17-8-16(28(22,24)25)15(9-23-17)26-10-11-4-2-1-3-5-11/h1-9H,10H2. The Morgan fingerprint density at radius 2 is 1.68 bits per heavy atom. The van der Waals surface area contributed by atoms with E-state index in [0.717, 1.165) is 11.6 Å². The van der Waals surface area contributed by atoms with Crippen molar-refractivity contribution in [1.29, 1.82) is 0 Å². The molecule has 5 nitrogen and oxygen atoms in total. The van der Waals surface area contributed by atoms with Crippen LogP contribution >= 0.6 is 49.8 Å². The summed E-state index contributed by atoms with van der Waals surface area (Å²) >= 11 is 15.5. The number of hydrogen-bond donors (Lipinski definition) is 0. The smallest absolute Gasteiger partial charge is 0.265 e.